The molecule has 0 spiro atoms. The van der Waals surface area contributed by atoms with E-state index in [4.69, 9.17) is 0 Å². The number of pyridine rings is 1. The van der Waals surface area contributed by atoms with Crippen LogP contribution in [-0.2, 0) is 0 Å². The third-order valence-corrected chi connectivity index (χ3v) is 4.09. The van der Waals surface area contributed by atoms with Crippen LogP contribution in [-0.4, -0.2) is 27.7 Å². The summed E-state index contributed by atoms with van der Waals surface area (Å²) in [7, 11) is 0. The lowest BCUT2D eigenvalue weighted by molar-refractivity contribution is -0.383. The molecular formula is C15H17N3O3. The molecule has 0 saturated heterocycles. The van der Waals surface area contributed by atoms with E-state index in [9.17, 15) is 15.2 Å². The molecule has 1 heterocycles. The number of nitro benzene ring substituents is 1. The number of aromatic nitrogens is 1. The third kappa shape index (κ3) is 2.80. The van der Waals surface area contributed by atoms with Crippen molar-refractivity contribution in [2.45, 2.75) is 25.4 Å². The van der Waals surface area contributed by atoms with Crippen LogP contribution in [0.25, 0.3) is 10.8 Å². The van der Waals surface area contributed by atoms with Gasteiger partial charge in [0, 0.05) is 36.1 Å². The molecule has 1 fully saturated rings. The van der Waals surface area contributed by atoms with Gasteiger partial charge in [0.05, 0.1) is 16.4 Å². The minimum absolute atomic E-state index is 0.0919. The number of anilines is 1. The first kappa shape index (κ1) is 13.8. The second-order valence-electron chi connectivity index (χ2n) is 5.52. The van der Waals surface area contributed by atoms with Crippen LogP contribution in [0.15, 0.2) is 30.6 Å². The molecule has 1 saturated carbocycles. The van der Waals surface area contributed by atoms with Crippen LogP contribution >= 0.6 is 0 Å². The lowest BCUT2D eigenvalue weighted by atomic mass is 10.1. The smallest absolute Gasteiger partial charge is 0.277 e. The number of benzene rings is 1. The van der Waals surface area contributed by atoms with Crippen molar-refractivity contribution >= 4 is 22.1 Å². The summed E-state index contributed by atoms with van der Waals surface area (Å²) in [4.78, 5) is 14.8. The zero-order valence-electron chi connectivity index (χ0n) is 11.5. The van der Waals surface area contributed by atoms with Crippen molar-refractivity contribution < 1.29 is 10.0 Å². The van der Waals surface area contributed by atoms with Crippen molar-refractivity contribution in [3.05, 3.63) is 40.7 Å². The normalized spacial score (nSPS) is 21.6. The van der Waals surface area contributed by atoms with E-state index >= 15 is 0 Å². The number of aliphatic hydroxyl groups is 1. The number of fused-ring (bicyclic) bond motifs is 1. The molecule has 1 aromatic heterocycles. The first-order chi connectivity index (χ1) is 10.1. The Morgan fingerprint density at radius 1 is 1.33 bits per heavy atom. The van der Waals surface area contributed by atoms with Gasteiger partial charge in [-0.3, -0.25) is 15.1 Å². The number of nitro groups is 1. The van der Waals surface area contributed by atoms with E-state index in [-0.39, 0.29) is 16.7 Å². The van der Waals surface area contributed by atoms with E-state index in [1.54, 1.807) is 24.5 Å². The molecule has 1 aromatic carbocycles. The summed E-state index contributed by atoms with van der Waals surface area (Å²) in [6.07, 6.45) is 5.70. The molecule has 2 N–H and O–H groups in total. The van der Waals surface area contributed by atoms with Crippen LogP contribution in [0.5, 0.6) is 0 Å². The summed E-state index contributed by atoms with van der Waals surface area (Å²) < 4.78 is 0. The van der Waals surface area contributed by atoms with Crippen molar-refractivity contribution in [2.75, 3.05) is 11.9 Å². The van der Waals surface area contributed by atoms with Gasteiger partial charge in [-0.15, -0.1) is 0 Å². The summed E-state index contributed by atoms with van der Waals surface area (Å²) in [5.74, 6) is 0.446. The molecule has 1 aliphatic rings. The first-order valence-electron chi connectivity index (χ1n) is 7.08. The summed E-state index contributed by atoms with van der Waals surface area (Å²) in [6.45, 7) is 0.763. The maximum absolute atomic E-state index is 11.1. The van der Waals surface area contributed by atoms with Gasteiger partial charge in [0.15, 0.2) is 0 Å². The molecule has 21 heavy (non-hydrogen) atoms. The third-order valence-electron chi connectivity index (χ3n) is 4.09. The van der Waals surface area contributed by atoms with Crippen molar-refractivity contribution in [3.63, 3.8) is 0 Å². The molecule has 0 bridgehead atoms. The highest BCUT2D eigenvalue weighted by molar-refractivity contribution is 5.99. The van der Waals surface area contributed by atoms with E-state index in [1.165, 1.54) is 6.07 Å². The minimum atomic E-state index is -0.376. The average Bonchev–Trinajstić information content (AvgIpc) is 2.90. The van der Waals surface area contributed by atoms with Gasteiger partial charge in [0.25, 0.3) is 5.69 Å². The molecule has 0 aliphatic heterocycles. The number of hydrogen-bond donors (Lipinski definition) is 2. The zero-order chi connectivity index (χ0) is 14.8. The fourth-order valence-electron chi connectivity index (χ4n) is 2.98. The van der Waals surface area contributed by atoms with Crippen LogP contribution < -0.4 is 5.32 Å². The van der Waals surface area contributed by atoms with Crippen LogP contribution in [0.4, 0.5) is 11.4 Å². The number of rotatable bonds is 4. The standard InChI is InChI=1S/C15H17N3O3/c19-11-2-1-10(7-11)8-17-14-3-4-15(18(20)21)12-5-6-16-9-13(12)14/h3-6,9-11,17,19H,1-2,7-8H2. The SMILES string of the molecule is O=[N+]([O-])c1ccc(NCC2CCC(O)C2)c2cnccc12. The molecular weight excluding hydrogens is 270 g/mol. The second kappa shape index (κ2) is 5.65. The molecule has 2 unspecified atom stereocenters. The summed E-state index contributed by atoms with van der Waals surface area (Å²) >= 11 is 0. The van der Waals surface area contributed by atoms with Crippen LogP contribution in [0.2, 0.25) is 0 Å². The Morgan fingerprint density at radius 3 is 2.90 bits per heavy atom. The highest BCUT2D eigenvalue weighted by Gasteiger charge is 2.23. The van der Waals surface area contributed by atoms with Crippen molar-refractivity contribution in [3.8, 4) is 0 Å². The van der Waals surface area contributed by atoms with Crippen LogP contribution in [0.1, 0.15) is 19.3 Å². The van der Waals surface area contributed by atoms with Gasteiger partial charge in [-0.1, -0.05) is 0 Å². The van der Waals surface area contributed by atoms with Gasteiger partial charge in [-0.2, -0.15) is 0 Å². The van der Waals surface area contributed by atoms with Crippen LogP contribution in [0.3, 0.4) is 0 Å². The number of non-ortho nitro benzene ring substituents is 1. The summed E-state index contributed by atoms with van der Waals surface area (Å²) in [5.41, 5.74) is 0.944. The average molecular weight is 287 g/mol. The number of nitrogens with one attached hydrogen (secondary N) is 1. The quantitative estimate of drug-likeness (QED) is 0.666. The van der Waals surface area contributed by atoms with Gasteiger partial charge < -0.3 is 10.4 Å². The van der Waals surface area contributed by atoms with E-state index < -0.39 is 0 Å². The maximum atomic E-state index is 11.1. The Balaban J connectivity index is 1.86. The Labute approximate surface area is 122 Å². The van der Waals surface area contributed by atoms with Gasteiger partial charge in [0.1, 0.15) is 0 Å². The van der Waals surface area contributed by atoms with Crippen LogP contribution in [0, 0.1) is 16.0 Å². The fourth-order valence-corrected chi connectivity index (χ4v) is 2.98. The zero-order valence-corrected chi connectivity index (χ0v) is 11.5. The monoisotopic (exact) mass is 287 g/mol. The lowest BCUT2D eigenvalue weighted by Crippen LogP contribution is -2.12. The Kier molecular flexibility index (Phi) is 3.70. The molecule has 2 atom stereocenters. The predicted molar refractivity (Wildman–Crippen MR) is 80.2 cm³/mol. The highest BCUT2D eigenvalue weighted by Crippen LogP contribution is 2.32. The molecule has 1 aliphatic carbocycles. The number of aliphatic hydroxyl groups excluding tert-OH is 1. The molecule has 6 heteroatoms. The summed E-state index contributed by atoms with van der Waals surface area (Å²) in [5, 5.41) is 25.3. The Hall–Kier alpha value is -2.21. The summed E-state index contributed by atoms with van der Waals surface area (Å²) in [6, 6.07) is 4.92. The van der Waals surface area contributed by atoms with Crippen molar-refractivity contribution in [1.82, 2.24) is 4.98 Å². The second-order valence-corrected chi connectivity index (χ2v) is 5.52. The van der Waals surface area contributed by atoms with Crippen molar-refractivity contribution in [2.24, 2.45) is 5.92 Å². The van der Waals surface area contributed by atoms with Crippen molar-refractivity contribution in [1.29, 1.82) is 0 Å². The predicted octanol–water partition coefficient (Wildman–Crippen LogP) is 2.72. The maximum Gasteiger partial charge on any atom is 0.277 e. The number of hydrogen-bond acceptors (Lipinski definition) is 5. The lowest BCUT2D eigenvalue weighted by Gasteiger charge is -2.14. The first-order valence-corrected chi connectivity index (χ1v) is 7.08. The molecule has 2 aromatic rings. The van der Waals surface area contributed by atoms with Gasteiger partial charge >= 0.3 is 0 Å². The molecule has 0 amide bonds. The number of nitrogens with zero attached hydrogens (tertiary/aromatic N) is 2. The Bertz CT molecular complexity index is 674. The topological polar surface area (TPSA) is 88.3 Å². The van der Waals surface area contributed by atoms with E-state index in [0.29, 0.717) is 11.3 Å². The molecule has 110 valence electrons. The van der Waals surface area contributed by atoms with Gasteiger partial charge in [-0.25, -0.2) is 0 Å². The van der Waals surface area contributed by atoms with E-state index in [0.717, 1.165) is 36.9 Å². The molecule has 0 radical (unpaired) electrons. The molecule has 3 rings (SSSR count). The minimum Gasteiger partial charge on any atom is -0.393 e. The van der Waals surface area contributed by atoms with E-state index in [1.807, 2.05) is 0 Å². The van der Waals surface area contributed by atoms with Gasteiger partial charge in [-0.05, 0) is 37.3 Å². The van der Waals surface area contributed by atoms with E-state index in [2.05, 4.69) is 10.3 Å². The Morgan fingerprint density at radius 2 is 2.19 bits per heavy atom. The van der Waals surface area contributed by atoms with Gasteiger partial charge in [0.2, 0.25) is 0 Å². The largest absolute Gasteiger partial charge is 0.393 e. The fraction of sp³-hybridized carbons (Fsp3) is 0.400. The highest BCUT2D eigenvalue weighted by atomic mass is 16.6. The molecule has 6 nitrogen and oxygen atoms in total.